The van der Waals surface area contributed by atoms with Gasteiger partial charge in [0.05, 0.1) is 6.10 Å². The summed E-state index contributed by atoms with van der Waals surface area (Å²) >= 11 is 1.14. The molecule has 0 aromatic heterocycles. The maximum Gasteiger partial charge on any atom is 0.256 e. The number of nitrogens with two attached hydrogens (primary N) is 1. The van der Waals surface area contributed by atoms with E-state index < -0.39 is 155 Å². The Bertz CT molecular complexity index is 2490. The normalized spacial score (nSPS) is 26.0. The number of nitrogens with one attached hydrogen (secondary N) is 4. The molecular weight excluding hydrogens is 1240 g/mol. The zero-order chi connectivity index (χ0) is 73.2. The van der Waals surface area contributed by atoms with Crippen molar-refractivity contribution in [1.29, 1.82) is 0 Å². The number of aliphatic hydroxyl groups is 2. The van der Waals surface area contributed by atoms with Crippen LogP contribution in [-0.2, 0) is 52.7 Å². The van der Waals surface area contributed by atoms with Crippen molar-refractivity contribution in [3.8, 4) is 0 Å². The van der Waals surface area contributed by atoms with Crippen molar-refractivity contribution in [2.45, 2.75) is 266 Å². The number of carbonyl (C=O) groups is 11. The van der Waals surface area contributed by atoms with Crippen LogP contribution in [0.5, 0.6) is 0 Å². The van der Waals surface area contributed by atoms with E-state index in [0.29, 0.717) is 44.4 Å². The van der Waals surface area contributed by atoms with Crippen LogP contribution in [0.3, 0.4) is 0 Å². The zero-order valence-corrected chi connectivity index (χ0v) is 63.1. The SMILES string of the molecule is CC[C@H]1NC(=O)[C@H]([C@H](O)[C@H](C)CCCCCCN)N(C)C(=O)[C@@H](C(C)C)N(C)C(=O)[C@@H](CC(C)C)N(C)C(=O)[C@H](CC(C)C)N(C)C(=O)[C@H](C)NC(=O)[C@@H](C)NC(=O)[C@@H](CC(C)C)N(C)C(=O)[C@@H](C(C)C)NC(=O)[C@H](CC(C)C)N(C)C(=O)[C@@H](SCCCCCO)N(C)C1=O. The summed E-state index contributed by atoms with van der Waals surface area (Å²) in [5, 5.41) is 31.9. The van der Waals surface area contributed by atoms with E-state index in [1.54, 1.807) is 41.5 Å². The number of nitrogens with zero attached hydrogens (tertiary/aromatic N) is 7. The second-order valence-electron chi connectivity index (χ2n) is 29.0. The van der Waals surface area contributed by atoms with Crippen molar-refractivity contribution in [2.75, 3.05) is 68.2 Å². The van der Waals surface area contributed by atoms with Gasteiger partial charge in [0.15, 0.2) is 5.37 Å². The number of hydrogen-bond acceptors (Lipinski definition) is 15. The van der Waals surface area contributed by atoms with Crippen LogP contribution < -0.4 is 27.0 Å². The Morgan fingerprint density at radius 2 is 0.863 bits per heavy atom. The van der Waals surface area contributed by atoms with Gasteiger partial charge in [-0.15, -0.1) is 11.8 Å². The quantitative estimate of drug-likeness (QED) is 0.0622. The van der Waals surface area contributed by atoms with E-state index in [9.17, 15) is 34.2 Å². The van der Waals surface area contributed by atoms with Crippen molar-refractivity contribution >= 4 is 76.7 Å². The minimum Gasteiger partial charge on any atom is -0.396 e. The highest BCUT2D eigenvalue weighted by Crippen LogP contribution is 2.28. The molecule has 0 unspecified atom stereocenters. The summed E-state index contributed by atoms with van der Waals surface area (Å²) in [6, 6.07) is -12.6. The van der Waals surface area contributed by atoms with E-state index in [1.165, 1.54) is 92.6 Å². The number of thioether (sulfide) groups is 1. The molecule has 548 valence electrons. The van der Waals surface area contributed by atoms with Gasteiger partial charge in [0.1, 0.15) is 60.4 Å². The smallest absolute Gasteiger partial charge is 0.256 e. The van der Waals surface area contributed by atoms with Crippen LogP contribution in [-0.4, -0.2) is 250 Å². The molecule has 0 aromatic carbocycles. The van der Waals surface area contributed by atoms with Crippen LogP contribution in [0.15, 0.2) is 0 Å². The lowest BCUT2D eigenvalue weighted by molar-refractivity contribution is -0.157. The fourth-order valence-corrected chi connectivity index (χ4v) is 13.3. The number of unbranched alkanes of at least 4 members (excludes halogenated alkanes) is 5. The summed E-state index contributed by atoms with van der Waals surface area (Å²) in [7, 11) is 10.0. The Morgan fingerprint density at radius 1 is 0.432 bits per heavy atom. The molecule has 26 heteroatoms. The van der Waals surface area contributed by atoms with Crippen LogP contribution in [0.1, 0.15) is 194 Å². The van der Waals surface area contributed by atoms with Gasteiger partial charge in [-0.25, -0.2) is 0 Å². The van der Waals surface area contributed by atoms with Gasteiger partial charge >= 0.3 is 0 Å². The second-order valence-corrected chi connectivity index (χ2v) is 30.2. The number of rotatable bonds is 25. The van der Waals surface area contributed by atoms with Gasteiger partial charge in [0, 0.05) is 55.9 Å². The molecule has 11 amide bonds. The molecule has 0 aromatic rings. The van der Waals surface area contributed by atoms with Crippen molar-refractivity contribution in [2.24, 2.45) is 47.2 Å². The van der Waals surface area contributed by atoms with Gasteiger partial charge in [-0.05, 0) is 125 Å². The first-order valence-electron chi connectivity index (χ1n) is 34.9. The maximum absolute atomic E-state index is 15.4. The lowest BCUT2D eigenvalue weighted by atomic mass is 9.90. The number of amides is 11. The summed E-state index contributed by atoms with van der Waals surface area (Å²) < 4.78 is 0. The maximum atomic E-state index is 15.4. The Labute approximate surface area is 574 Å². The van der Waals surface area contributed by atoms with Gasteiger partial charge in [-0.3, -0.25) is 52.7 Å². The van der Waals surface area contributed by atoms with Gasteiger partial charge in [0.25, 0.3) is 5.91 Å². The second kappa shape index (κ2) is 42.3. The molecule has 8 N–H and O–H groups in total. The third-order valence-electron chi connectivity index (χ3n) is 18.1. The third kappa shape index (κ3) is 26.3. The Hall–Kier alpha value is -5.60. The molecule has 95 heavy (non-hydrogen) atoms. The van der Waals surface area contributed by atoms with Crippen LogP contribution in [0.2, 0.25) is 0 Å². The number of aliphatic hydroxyl groups excluding tert-OH is 2. The summed E-state index contributed by atoms with van der Waals surface area (Å²) in [6.45, 7) is 28.7. The predicted octanol–water partition coefficient (Wildman–Crippen LogP) is 4.43. The fraction of sp³-hybridized carbons (Fsp3) is 0.841. The first-order chi connectivity index (χ1) is 44.2. The molecule has 1 saturated heterocycles. The summed E-state index contributed by atoms with van der Waals surface area (Å²) in [6.07, 6.45) is 4.26. The Kier molecular flexibility index (Phi) is 38.9. The van der Waals surface area contributed by atoms with Gasteiger partial charge < -0.3 is 71.5 Å². The lowest BCUT2D eigenvalue weighted by Crippen LogP contribution is -2.64. The van der Waals surface area contributed by atoms with E-state index in [4.69, 9.17) is 5.73 Å². The highest BCUT2D eigenvalue weighted by Gasteiger charge is 2.46. The highest BCUT2D eigenvalue weighted by molar-refractivity contribution is 8.00. The van der Waals surface area contributed by atoms with Crippen molar-refractivity contribution in [3.63, 3.8) is 0 Å². The molecule has 0 aliphatic carbocycles. The van der Waals surface area contributed by atoms with Crippen LogP contribution in [0, 0.1) is 41.4 Å². The van der Waals surface area contributed by atoms with E-state index in [2.05, 4.69) is 21.3 Å². The van der Waals surface area contributed by atoms with E-state index in [0.717, 1.165) is 35.9 Å². The Balaban J connectivity index is 4.54. The first kappa shape index (κ1) is 87.4. The van der Waals surface area contributed by atoms with E-state index >= 15 is 28.8 Å². The monoisotopic (exact) mass is 1360 g/mol. The molecule has 0 radical (unpaired) electrons. The predicted molar refractivity (Wildman–Crippen MR) is 373 cm³/mol. The Morgan fingerprint density at radius 3 is 1.34 bits per heavy atom. The molecule has 1 fully saturated rings. The lowest BCUT2D eigenvalue weighted by Gasteiger charge is -2.41. The van der Waals surface area contributed by atoms with E-state index in [1.807, 2.05) is 55.4 Å². The number of carbonyl (C=O) groups excluding carboxylic acids is 11. The van der Waals surface area contributed by atoms with Crippen molar-refractivity contribution in [3.05, 3.63) is 0 Å². The number of likely N-dealkylation sites (N-methyl/N-ethyl adjacent to an activating group) is 7. The van der Waals surface area contributed by atoms with Crippen molar-refractivity contribution in [1.82, 2.24) is 55.6 Å². The summed E-state index contributed by atoms with van der Waals surface area (Å²) in [4.78, 5) is 173. The molecule has 1 aliphatic heterocycles. The fourth-order valence-electron chi connectivity index (χ4n) is 12.1. The van der Waals surface area contributed by atoms with Crippen LogP contribution in [0.25, 0.3) is 0 Å². The first-order valence-corrected chi connectivity index (χ1v) is 35.9. The number of hydrogen-bond donors (Lipinski definition) is 7. The third-order valence-corrected chi connectivity index (χ3v) is 19.5. The minimum absolute atomic E-state index is 0.00842. The van der Waals surface area contributed by atoms with Crippen LogP contribution >= 0.6 is 11.8 Å². The van der Waals surface area contributed by atoms with Gasteiger partial charge in [-0.1, -0.05) is 123 Å². The molecule has 13 atom stereocenters. The average molecular weight is 1370 g/mol. The van der Waals surface area contributed by atoms with Crippen molar-refractivity contribution < 1.29 is 63.0 Å². The molecule has 1 aliphatic rings. The van der Waals surface area contributed by atoms with E-state index in [-0.39, 0.29) is 62.4 Å². The largest absolute Gasteiger partial charge is 0.396 e. The van der Waals surface area contributed by atoms with Gasteiger partial charge in [-0.2, -0.15) is 0 Å². The molecule has 0 bridgehead atoms. The highest BCUT2D eigenvalue weighted by atomic mass is 32.2. The summed E-state index contributed by atoms with van der Waals surface area (Å²) in [5.41, 5.74) is 5.77. The average Bonchev–Trinajstić information content (AvgIpc) is 0.811. The molecule has 1 heterocycles. The minimum atomic E-state index is -1.63. The molecule has 0 saturated carbocycles. The molecule has 0 spiro atoms. The van der Waals surface area contributed by atoms with Gasteiger partial charge in [0.2, 0.25) is 59.1 Å². The molecule has 1 rings (SSSR count). The molecule has 25 nitrogen and oxygen atoms in total. The van der Waals surface area contributed by atoms with Crippen LogP contribution in [0.4, 0.5) is 0 Å². The molecular formula is C69H128N12O13S. The topological polar surface area (TPSA) is 325 Å². The summed E-state index contributed by atoms with van der Waals surface area (Å²) in [5.74, 6) is -9.54. The standard InChI is InChI=1S/C69H128N12O13S/c1-24-49-63(89)81(23)69(95-35-31-27-30-34-82)68(94)76(18)51(37-41(4)5)60(86)74-54(44(10)11)66(92)75(17)50(36-40(2)3)59(85)71-47(15)58(84)72-48(16)62(88)77(19)52(38-42(6)7)64(90)78(20)53(39-43(8)9)65(91)79(21)55(45(12)13)67(93)80(22)56(61(87)73-49)57(83)46(14)32-28-25-26-29-33-70/h40-57,69,82-83H,24-39,70H2,1-23H3,(H,71,85)(H,72,84)(H,73,87)(H,74,86)/t46-,47-,48+,49-,50-,51+,52+,53-,54-,55-,56+,57-,69-/m1/s1. The zero-order valence-electron chi connectivity index (χ0n) is 62.3.